The number of Topliss-reactive ketones (excluding diaryl/α,β-unsaturated/α-hetero) is 2. The van der Waals surface area contributed by atoms with Crippen molar-refractivity contribution in [1.82, 2.24) is 0 Å². The predicted molar refractivity (Wildman–Crippen MR) is 119 cm³/mol. The summed E-state index contributed by atoms with van der Waals surface area (Å²) in [4.78, 5) is 21.4. The summed E-state index contributed by atoms with van der Waals surface area (Å²) >= 11 is 3.30. The molecule has 5 heteroatoms. The number of ketones is 2. The number of allylic oxidation sites excluding steroid dienone is 2. The summed E-state index contributed by atoms with van der Waals surface area (Å²) in [6, 6.07) is 0. The number of carbonyl (C=O) groups excluding carboxylic acids is 2. The van der Waals surface area contributed by atoms with Crippen LogP contribution in [0.4, 0.5) is 0 Å². The first-order valence-electron chi connectivity index (χ1n) is 9.64. The van der Waals surface area contributed by atoms with Gasteiger partial charge in [0.2, 0.25) is 0 Å². The van der Waals surface area contributed by atoms with Gasteiger partial charge in [0.15, 0.2) is 11.6 Å². The first-order valence-corrected chi connectivity index (χ1v) is 10.8. The zero-order chi connectivity index (χ0) is 21.8. The van der Waals surface area contributed by atoms with Gasteiger partial charge in [-0.1, -0.05) is 55.8 Å². The van der Waals surface area contributed by atoms with E-state index >= 15 is 0 Å². The fourth-order valence-electron chi connectivity index (χ4n) is 1.91. The van der Waals surface area contributed by atoms with Crippen molar-refractivity contribution in [3.63, 3.8) is 0 Å². The third kappa shape index (κ3) is 23.2. The average Bonchev–Trinajstić information content (AvgIpc) is 2.59. The van der Waals surface area contributed by atoms with Gasteiger partial charge in [-0.3, -0.25) is 9.59 Å². The van der Waals surface area contributed by atoms with Crippen LogP contribution < -0.4 is 0 Å². The van der Waals surface area contributed by atoms with E-state index in [9.17, 15) is 9.59 Å². The Labute approximate surface area is 175 Å². The molecule has 1 N–H and O–H groups in total. The molecule has 0 saturated carbocycles. The van der Waals surface area contributed by atoms with Crippen LogP contribution in [0.2, 0.25) is 0 Å². The van der Waals surface area contributed by atoms with E-state index in [1.165, 1.54) is 13.3 Å². The Bertz CT molecular complexity index is 392. The number of carbonyl (C=O) groups is 2. The van der Waals surface area contributed by atoms with E-state index in [-0.39, 0.29) is 29.5 Å². The molecule has 0 aromatic rings. The average molecular weight is 449 g/mol. The third-order valence-corrected chi connectivity index (χ3v) is 4.01. The lowest BCUT2D eigenvalue weighted by molar-refractivity contribution is -0.131. The number of unbranched alkanes of at least 4 members (excludes halogenated alkanes) is 2. The Morgan fingerprint density at radius 2 is 1.44 bits per heavy atom. The van der Waals surface area contributed by atoms with Crippen LogP contribution in [0.15, 0.2) is 25.3 Å². The van der Waals surface area contributed by atoms with Crippen molar-refractivity contribution in [3.8, 4) is 0 Å². The van der Waals surface area contributed by atoms with Gasteiger partial charge in [-0.15, -0.1) is 13.2 Å². The fourth-order valence-corrected chi connectivity index (χ4v) is 2.23. The second-order valence-electron chi connectivity index (χ2n) is 7.00. The lowest BCUT2D eigenvalue weighted by Gasteiger charge is -2.18. The fraction of sp³-hybridized carbons (Fsp3) is 0.727. The largest absolute Gasteiger partial charge is 0.385 e. The van der Waals surface area contributed by atoms with E-state index in [1.54, 1.807) is 6.92 Å². The van der Waals surface area contributed by atoms with E-state index in [4.69, 9.17) is 9.84 Å². The number of aliphatic hydroxyl groups excluding tert-OH is 1. The summed E-state index contributed by atoms with van der Waals surface area (Å²) < 4.78 is 5.47. The molecule has 2 atom stereocenters. The van der Waals surface area contributed by atoms with E-state index in [0.29, 0.717) is 6.61 Å². The number of halogens is 1. The highest BCUT2D eigenvalue weighted by atomic mass is 79.9. The molecular formula is C22H41BrO4. The van der Waals surface area contributed by atoms with Gasteiger partial charge in [-0.05, 0) is 51.4 Å². The number of ether oxygens (including phenoxy) is 1. The molecule has 0 aromatic heterocycles. The second-order valence-corrected chi connectivity index (χ2v) is 7.79. The molecule has 27 heavy (non-hydrogen) atoms. The summed E-state index contributed by atoms with van der Waals surface area (Å²) in [6.07, 6.45) is 7.03. The Hall–Kier alpha value is -0.780. The maximum absolute atomic E-state index is 11.1. The number of alkyl halides is 1. The molecule has 0 aliphatic heterocycles. The summed E-state index contributed by atoms with van der Waals surface area (Å²) in [7, 11) is 0. The Kier molecular flexibility index (Phi) is 24.7. The van der Waals surface area contributed by atoms with Gasteiger partial charge in [-0.2, -0.15) is 0 Å². The minimum absolute atomic E-state index is 0.0486. The molecule has 0 spiro atoms. The van der Waals surface area contributed by atoms with Crippen LogP contribution in [0.3, 0.4) is 0 Å². The molecule has 0 aliphatic carbocycles. The molecule has 0 radical (unpaired) electrons. The van der Waals surface area contributed by atoms with Crippen molar-refractivity contribution < 1.29 is 19.4 Å². The molecule has 0 bridgehead atoms. The highest BCUT2D eigenvalue weighted by molar-refractivity contribution is 9.09. The molecule has 160 valence electrons. The van der Waals surface area contributed by atoms with Gasteiger partial charge < -0.3 is 9.84 Å². The highest BCUT2D eigenvalue weighted by Gasteiger charge is 2.18. The zero-order valence-corrected chi connectivity index (χ0v) is 19.8. The monoisotopic (exact) mass is 448 g/mol. The molecule has 0 aromatic carbocycles. The SMILES string of the molecule is C=CCCCBr.C=CCCCO[C@H](C(C)=O)C(C)C.CC(=O)[C@@H](O)C(C)C. The molecular weight excluding hydrogens is 408 g/mol. The molecule has 0 saturated heterocycles. The van der Waals surface area contributed by atoms with Crippen molar-refractivity contribution in [2.45, 2.75) is 79.4 Å². The molecule has 0 unspecified atom stereocenters. The van der Waals surface area contributed by atoms with Crippen LogP contribution in [0, 0.1) is 11.8 Å². The van der Waals surface area contributed by atoms with Crippen molar-refractivity contribution in [3.05, 3.63) is 25.3 Å². The minimum atomic E-state index is -0.769. The summed E-state index contributed by atoms with van der Waals surface area (Å²) in [6.45, 7) is 18.4. The third-order valence-electron chi connectivity index (χ3n) is 3.45. The van der Waals surface area contributed by atoms with E-state index in [0.717, 1.165) is 24.6 Å². The van der Waals surface area contributed by atoms with Crippen molar-refractivity contribution in [1.29, 1.82) is 0 Å². The number of hydrogen-bond donors (Lipinski definition) is 1. The summed E-state index contributed by atoms with van der Waals surface area (Å²) in [5.74, 6) is 0.280. The van der Waals surface area contributed by atoms with E-state index in [2.05, 4.69) is 29.1 Å². The van der Waals surface area contributed by atoms with Crippen molar-refractivity contribution >= 4 is 27.5 Å². The minimum Gasteiger partial charge on any atom is -0.385 e. The molecule has 0 fully saturated rings. The van der Waals surface area contributed by atoms with Crippen LogP contribution in [0.25, 0.3) is 0 Å². The first-order chi connectivity index (χ1) is 12.6. The van der Waals surface area contributed by atoms with Gasteiger partial charge in [0.05, 0.1) is 0 Å². The number of hydrogen-bond acceptors (Lipinski definition) is 4. The number of rotatable bonds is 12. The molecule has 0 amide bonds. The topological polar surface area (TPSA) is 63.6 Å². The van der Waals surface area contributed by atoms with Gasteiger partial charge in [0, 0.05) is 11.9 Å². The van der Waals surface area contributed by atoms with Crippen molar-refractivity contribution in [2.24, 2.45) is 11.8 Å². The van der Waals surface area contributed by atoms with Crippen LogP contribution in [-0.2, 0) is 14.3 Å². The van der Waals surface area contributed by atoms with Crippen LogP contribution in [0.1, 0.15) is 67.2 Å². The Balaban J connectivity index is -0.000000351. The standard InChI is InChI=1S/C11H20O2.C6H12O2.C5H9Br/c1-5-6-7-8-13-11(9(2)3)10(4)12;1-4(2)6(8)5(3)7;1-2-3-4-5-6/h5,9,11H,1,6-8H2,2-4H3;4,6,8H,1-3H3;2H,1,3-5H2/t11-;6-;/m00./s1. The summed E-state index contributed by atoms with van der Waals surface area (Å²) in [5, 5.41) is 9.95. The van der Waals surface area contributed by atoms with Crippen LogP contribution >= 0.6 is 15.9 Å². The lowest BCUT2D eigenvalue weighted by Crippen LogP contribution is -2.27. The van der Waals surface area contributed by atoms with Gasteiger partial charge in [-0.25, -0.2) is 0 Å². The molecule has 0 heterocycles. The van der Waals surface area contributed by atoms with Gasteiger partial charge in [0.1, 0.15) is 12.2 Å². The van der Waals surface area contributed by atoms with Crippen molar-refractivity contribution in [2.75, 3.05) is 11.9 Å². The zero-order valence-electron chi connectivity index (χ0n) is 18.2. The first kappa shape index (κ1) is 30.9. The summed E-state index contributed by atoms with van der Waals surface area (Å²) in [5.41, 5.74) is 0. The van der Waals surface area contributed by atoms with Crippen LogP contribution in [-0.4, -0.2) is 40.8 Å². The molecule has 0 aliphatic rings. The Morgan fingerprint density at radius 3 is 1.67 bits per heavy atom. The normalized spacial score (nSPS) is 12.2. The molecule has 0 rings (SSSR count). The van der Waals surface area contributed by atoms with Gasteiger partial charge in [0.25, 0.3) is 0 Å². The quantitative estimate of drug-likeness (QED) is 0.242. The van der Waals surface area contributed by atoms with Gasteiger partial charge >= 0.3 is 0 Å². The van der Waals surface area contributed by atoms with E-state index in [1.807, 2.05) is 39.8 Å². The highest BCUT2D eigenvalue weighted by Crippen LogP contribution is 2.08. The maximum atomic E-state index is 11.1. The smallest absolute Gasteiger partial charge is 0.158 e. The Morgan fingerprint density at radius 1 is 0.963 bits per heavy atom. The lowest BCUT2D eigenvalue weighted by atomic mass is 10.0. The predicted octanol–water partition coefficient (Wildman–Crippen LogP) is 5.52. The maximum Gasteiger partial charge on any atom is 0.158 e. The van der Waals surface area contributed by atoms with E-state index < -0.39 is 6.10 Å². The molecule has 4 nitrogen and oxygen atoms in total. The second kappa shape index (κ2) is 21.5. The van der Waals surface area contributed by atoms with Crippen LogP contribution in [0.5, 0.6) is 0 Å². The number of aliphatic hydroxyl groups is 1.